The van der Waals surface area contributed by atoms with E-state index < -0.39 is 6.04 Å². The van der Waals surface area contributed by atoms with Gasteiger partial charge in [-0.3, -0.25) is 9.89 Å². The van der Waals surface area contributed by atoms with Crippen molar-refractivity contribution in [1.29, 1.82) is 0 Å². The normalized spacial score (nSPS) is 14.2. The van der Waals surface area contributed by atoms with Gasteiger partial charge in [-0.25, -0.2) is 0 Å². The molecule has 2 N–H and O–H groups in total. The first-order valence-corrected chi connectivity index (χ1v) is 14.1. The lowest BCUT2D eigenvalue weighted by Crippen LogP contribution is -2.31. The fourth-order valence-electron chi connectivity index (χ4n) is 5.64. The fourth-order valence-corrected chi connectivity index (χ4v) is 5.64. The van der Waals surface area contributed by atoms with E-state index in [1.165, 1.54) is 0 Å². The molecule has 0 saturated heterocycles. The first-order valence-electron chi connectivity index (χ1n) is 14.1. The average Bonchev–Trinajstić information content (AvgIpc) is 3.53. The number of nitrogens with one attached hydrogen (secondary N) is 1. The molecular weight excluding hydrogens is 534 g/mol. The summed E-state index contributed by atoms with van der Waals surface area (Å²) < 4.78 is 22.6. The SMILES string of the molecule is CCOc1ccc(C2c3c(-c4cc(C)cc(C)c4O)n[nH]c3C(=O)N2CCc2ccc(OC)c(OC)c2)cc1OCC. The fraction of sp³-hybridized carbons (Fsp3) is 0.333. The number of fused-ring (bicyclic) bond motifs is 1. The monoisotopic (exact) mass is 571 g/mol. The first kappa shape index (κ1) is 28.9. The summed E-state index contributed by atoms with van der Waals surface area (Å²) in [6, 6.07) is 14.9. The molecule has 42 heavy (non-hydrogen) atoms. The Labute approximate surface area is 246 Å². The molecule has 3 aromatic carbocycles. The van der Waals surface area contributed by atoms with E-state index in [-0.39, 0.29) is 11.7 Å². The molecule has 2 heterocycles. The molecule has 1 aliphatic heterocycles. The number of amides is 1. The Kier molecular flexibility index (Phi) is 8.29. The summed E-state index contributed by atoms with van der Waals surface area (Å²) in [5.41, 5.74) is 5.85. The van der Waals surface area contributed by atoms with Crippen LogP contribution in [0.2, 0.25) is 0 Å². The second-order valence-corrected chi connectivity index (χ2v) is 10.3. The molecule has 9 heteroatoms. The molecule has 0 saturated carbocycles. The molecule has 9 nitrogen and oxygen atoms in total. The highest BCUT2D eigenvalue weighted by Gasteiger charge is 2.42. The van der Waals surface area contributed by atoms with Gasteiger partial charge in [-0.1, -0.05) is 18.2 Å². The minimum Gasteiger partial charge on any atom is -0.507 e. The summed E-state index contributed by atoms with van der Waals surface area (Å²) >= 11 is 0. The molecule has 0 spiro atoms. The second kappa shape index (κ2) is 12.1. The Bertz CT molecular complexity index is 1610. The number of benzene rings is 3. The number of ether oxygens (including phenoxy) is 4. The summed E-state index contributed by atoms with van der Waals surface area (Å²) in [5, 5.41) is 18.6. The van der Waals surface area contributed by atoms with Crippen molar-refractivity contribution in [1.82, 2.24) is 15.1 Å². The quantitative estimate of drug-likeness (QED) is 0.227. The minimum absolute atomic E-state index is 0.145. The number of aromatic nitrogens is 2. The maximum Gasteiger partial charge on any atom is 0.273 e. The molecule has 4 aromatic rings. The Morgan fingerprint density at radius 3 is 2.33 bits per heavy atom. The predicted octanol–water partition coefficient (Wildman–Crippen LogP) is 6.00. The van der Waals surface area contributed by atoms with E-state index in [4.69, 9.17) is 18.9 Å². The van der Waals surface area contributed by atoms with Crippen molar-refractivity contribution in [3.63, 3.8) is 0 Å². The van der Waals surface area contributed by atoms with Gasteiger partial charge in [0.2, 0.25) is 0 Å². The van der Waals surface area contributed by atoms with Crippen LogP contribution in [-0.2, 0) is 6.42 Å². The summed E-state index contributed by atoms with van der Waals surface area (Å²) in [4.78, 5) is 15.8. The van der Waals surface area contributed by atoms with Gasteiger partial charge in [-0.15, -0.1) is 0 Å². The molecule has 0 bridgehead atoms. The number of phenols is 1. The number of methoxy groups -OCH3 is 2. The highest BCUT2D eigenvalue weighted by molar-refractivity contribution is 6.00. The van der Waals surface area contributed by atoms with Gasteiger partial charge in [0, 0.05) is 17.7 Å². The average molecular weight is 572 g/mol. The van der Waals surface area contributed by atoms with Crippen molar-refractivity contribution in [2.45, 2.75) is 40.2 Å². The number of hydrogen-bond donors (Lipinski definition) is 2. The standard InChI is InChI=1S/C33H37N3O6/c1-7-41-25-12-10-22(18-27(25)42-8-2)31-28-29(23-16-19(3)15-20(4)32(23)37)34-35-30(28)33(38)36(31)14-13-21-9-11-24(39-5)26(17-21)40-6/h9-12,15-18,31,37H,7-8,13-14H2,1-6H3,(H,34,35). The van der Waals surface area contributed by atoms with Crippen LogP contribution in [0.4, 0.5) is 0 Å². The van der Waals surface area contributed by atoms with E-state index in [1.54, 1.807) is 14.2 Å². The number of H-pyrrole nitrogens is 1. The maximum absolute atomic E-state index is 14.0. The van der Waals surface area contributed by atoms with E-state index in [1.807, 2.05) is 81.1 Å². The summed E-state index contributed by atoms with van der Waals surface area (Å²) in [6.07, 6.45) is 0.583. The molecule has 220 valence electrons. The Morgan fingerprint density at radius 2 is 1.62 bits per heavy atom. The summed E-state index contributed by atoms with van der Waals surface area (Å²) in [6.45, 7) is 9.08. The highest BCUT2D eigenvalue weighted by Crippen LogP contribution is 2.46. The van der Waals surface area contributed by atoms with E-state index in [0.717, 1.165) is 27.8 Å². The third-order valence-electron chi connectivity index (χ3n) is 7.54. The van der Waals surface area contributed by atoms with Crippen molar-refractivity contribution >= 4 is 5.91 Å². The van der Waals surface area contributed by atoms with Crippen LogP contribution in [0.5, 0.6) is 28.7 Å². The number of hydrogen-bond acceptors (Lipinski definition) is 7. The van der Waals surface area contributed by atoms with Gasteiger partial charge in [0.05, 0.1) is 33.5 Å². The molecule has 1 atom stereocenters. The highest BCUT2D eigenvalue weighted by atomic mass is 16.5. The smallest absolute Gasteiger partial charge is 0.273 e. The van der Waals surface area contributed by atoms with Crippen LogP contribution < -0.4 is 18.9 Å². The number of aromatic hydroxyl groups is 1. The topological polar surface area (TPSA) is 106 Å². The second-order valence-electron chi connectivity index (χ2n) is 10.3. The largest absolute Gasteiger partial charge is 0.507 e. The molecule has 1 aromatic heterocycles. The van der Waals surface area contributed by atoms with Crippen molar-refractivity contribution < 1.29 is 28.8 Å². The Hall–Kier alpha value is -4.66. The van der Waals surface area contributed by atoms with Gasteiger partial charge in [-0.2, -0.15) is 5.10 Å². The zero-order valence-corrected chi connectivity index (χ0v) is 24.9. The first-order chi connectivity index (χ1) is 20.3. The van der Waals surface area contributed by atoms with E-state index >= 15 is 0 Å². The molecule has 0 radical (unpaired) electrons. The predicted molar refractivity (Wildman–Crippen MR) is 160 cm³/mol. The number of carbonyl (C=O) groups is 1. The number of phenolic OH excluding ortho intramolecular Hbond substituents is 1. The van der Waals surface area contributed by atoms with Crippen LogP contribution in [0, 0.1) is 13.8 Å². The van der Waals surface area contributed by atoms with E-state index in [2.05, 4.69) is 10.2 Å². The molecule has 0 fully saturated rings. The zero-order chi connectivity index (χ0) is 30.0. The van der Waals surface area contributed by atoms with Gasteiger partial charge in [0.1, 0.15) is 17.1 Å². The third kappa shape index (κ3) is 5.22. The van der Waals surface area contributed by atoms with Crippen molar-refractivity contribution in [3.05, 3.63) is 82.0 Å². The van der Waals surface area contributed by atoms with Gasteiger partial charge in [-0.05, 0) is 86.7 Å². The third-order valence-corrected chi connectivity index (χ3v) is 7.54. The van der Waals surface area contributed by atoms with Gasteiger partial charge >= 0.3 is 0 Å². The lowest BCUT2D eigenvalue weighted by atomic mass is 9.93. The van der Waals surface area contributed by atoms with Gasteiger partial charge in [0.15, 0.2) is 23.0 Å². The molecule has 1 aliphatic rings. The van der Waals surface area contributed by atoms with Crippen molar-refractivity contribution in [2.24, 2.45) is 0 Å². The summed E-state index contributed by atoms with van der Waals surface area (Å²) in [5.74, 6) is 2.51. The Morgan fingerprint density at radius 1 is 0.905 bits per heavy atom. The lowest BCUT2D eigenvalue weighted by Gasteiger charge is -2.27. The van der Waals surface area contributed by atoms with Gasteiger partial charge in [0.25, 0.3) is 5.91 Å². The number of rotatable bonds is 11. The van der Waals surface area contributed by atoms with Crippen LogP contribution in [0.25, 0.3) is 11.3 Å². The number of aromatic amines is 1. The number of aryl methyl sites for hydroxylation is 2. The van der Waals surface area contributed by atoms with Crippen LogP contribution in [0.3, 0.4) is 0 Å². The molecule has 1 unspecified atom stereocenters. The van der Waals surface area contributed by atoms with Crippen LogP contribution in [0.1, 0.15) is 58.2 Å². The van der Waals surface area contributed by atoms with Crippen molar-refractivity contribution in [2.75, 3.05) is 34.0 Å². The van der Waals surface area contributed by atoms with Crippen molar-refractivity contribution in [3.8, 4) is 40.0 Å². The zero-order valence-electron chi connectivity index (χ0n) is 24.9. The van der Waals surface area contributed by atoms with Crippen LogP contribution >= 0.6 is 0 Å². The van der Waals surface area contributed by atoms with Gasteiger partial charge < -0.3 is 29.0 Å². The Balaban J connectivity index is 1.61. The molecule has 0 aliphatic carbocycles. The van der Waals surface area contributed by atoms with Crippen LogP contribution in [0.15, 0.2) is 48.5 Å². The van der Waals surface area contributed by atoms with Crippen LogP contribution in [-0.4, -0.2) is 60.1 Å². The molecule has 1 amide bonds. The number of carbonyl (C=O) groups excluding carboxylic acids is 1. The van der Waals surface area contributed by atoms with E-state index in [0.29, 0.717) is 66.1 Å². The van der Waals surface area contributed by atoms with E-state index in [9.17, 15) is 9.90 Å². The molecule has 5 rings (SSSR count). The minimum atomic E-state index is -0.475. The maximum atomic E-state index is 14.0. The summed E-state index contributed by atoms with van der Waals surface area (Å²) in [7, 11) is 3.21. The molecular formula is C33H37N3O6. The number of nitrogens with zero attached hydrogens (tertiary/aromatic N) is 2. The lowest BCUT2D eigenvalue weighted by molar-refractivity contribution is 0.0745.